The zero-order valence-corrected chi connectivity index (χ0v) is 22.1. The summed E-state index contributed by atoms with van der Waals surface area (Å²) >= 11 is 0. The van der Waals surface area contributed by atoms with Crippen molar-refractivity contribution < 1.29 is 70.0 Å². The Balaban J connectivity index is -0.0000000625. The zero-order valence-electron chi connectivity index (χ0n) is 19.9. The van der Waals surface area contributed by atoms with Gasteiger partial charge in [-0.05, 0) is 69.2 Å². The van der Waals surface area contributed by atoms with E-state index in [4.69, 9.17) is 0 Å². The largest absolute Gasteiger partial charge is 5.00 e. The van der Waals surface area contributed by atoms with Crippen molar-refractivity contribution in [2.24, 2.45) is 0 Å². The molecule has 0 saturated heterocycles. The van der Waals surface area contributed by atoms with Gasteiger partial charge in [0.05, 0.1) is 30.5 Å². The van der Waals surface area contributed by atoms with Gasteiger partial charge in [0, 0.05) is 0 Å². The Hall–Kier alpha value is -1.91. The van der Waals surface area contributed by atoms with Crippen LogP contribution < -0.4 is 0 Å². The summed E-state index contributed by atoms with van der Waals surface area (Å²) in [5, 5.41) is 0. The van der Waals surface area contributed by atoms with E-state index in [2.05, 4.69) is 23.7 Å². The molecule has 180 valence electrons. The minimum atomic E-state index is -0.0255. The fraction of sp³-hybridized carbons (Fsp3) is 0.750. The molecule has 31 heavy (non-hydrogen) atoms. The summed E-state index contributed by atoms with van der Waals surface area (Å²) in [5.41, 5.74) is 0. The fourth-order valence-corrected chi connectivity index (χ4v) is 0.481. The topological polar surface area (TPSA) is 132 Å². The van der Waals surface area contributed by atoms with Crippen LogP contribution in [-0.4, -0.2) is 62.9 Å². The van der Waals surface area contributed by atoms with Gasteiger partial charge in [-0.25, -0.2) is 0 Å². The van der Waals surface area contributed by atoms with E-state index >= 15 is 0 Å². The predicted molar refractivity (Wildman–Crippen MR) is 110 cm³/mol. The molecule has 0 N–H and O–H groups in total. The molecule has 11 heteroatoms. The molecule has 0 aliphatic rings. The van der Waals surface area contributed by atoms with Crippen molar-refractivity contribution in [2.45, 2.75) is 99.8 Å². The van der Waals surface area contributed by atoms with E-state index in [0.717, 1.165) is 0 Å². The molecule has 0 aromatic carbocycles. The van der Waals surface area contributed by atoms with E-state index in [-0.39, 0.29) is 52.9 Å². The molecule has 0 rings (SSSR count). The van der Waals surface area contributed by atoms with Gasteiger partial charge in [-0.3, -0.25) is 0 Å². The second-order valence-electron chi connectivity index (χ2n) is 6.25. The minimum absolute atomic E-state index is 0. The third-order valence-corrected chi connectivity index (χ3v) is 1.42. The quantitative estimate of drug-likeness (QED) is 0.237. The second-order valence-corrected chi connectivity index (χ2v) is 6.25. The van der Waals surface area contributed by atoms with Gasteiger partial charge in [-0.1, -0.05) is 32.4 Å². The molecular weight excluding hydrogens is 493 g/mol. The first-order chi connectivity index (χ1) is 13.9. The van der Waals surface area contributed by atoms with Crippen LogP contribution >= 0.6 is 0 Å². The van der Waals surface area contributed by atoms with Crippen LogP contribution in [-0.2, 0) is 70.0 Å². The minimum Gasteiger partial charge on any atom is -0.651 e. The van der Waals surface area contributed by atoms with Gasteiger partial charge in [0.2, 0.25) is 0 Å². The third-order valence-electron chi connectivity index (χ3n) is 1.42. The molecule has 0 bridgehead atoms. The second kappa shape index (κ2) is 38.7. The van der Waals surface area contributed by atoms with Gasteiger partial charge >= 0.3 is 22.4 Å². The molecule has 0 aromatic rings. The maximum absolute atomic E-state index is 9.27. The van der Waals surface area contributed by atoms with E-state index in [1.807, 2.05) is 0 Å². The average molecular weight is 528 g/mol. The number of hydrogen-bond donors (Lipinski definition) is 0. The van der Waals surface area contributed by atoms with Crippen molar-refractivity contribution >= 4 is 32.4 Å². The van der Waals surface area contributed by atoms with Crippen molar-refractivity contribution in [3.63, 3.8) is 0 Å². The normalized spacial score (nSPS) is 8.23. The Morgan fingerprint density at radius 1 is 0.355 bits per heavy atom. The molecule has 0 spiro atoms. The van der Waals surface area contributed by atoms with Crippen molar-refractivity contribution in [2.75, 3.05) is 0 Å². The van der Waals surface area contributed by atoms with Crippen molar-refractivity contribution in [1.82, 2.24) is 0 Å². The van der Waals surface area contributed by atoms with Gasteiger partial charge in [0.25, 0.3) is 0 Å². The Morgan fingerprint density at radius 3 is 0.452 bits per heavy atom. The van der Waals surface area contributed by atoms with E-state index in [1.54, 1.807) is 69.2 Å². The van der Waals surface area contributed by atoms with Crippen LogP contribution in [0.25, 0.3) is 0 Å². The molecule has 10 nitrogen and oxygen atoms in total. The Morgan fingerprint density at radius 2 is 0.452 bits per heavy atom. The summed E-state index contributed by atoms with van der Waals surface area (Å²) in [5.74, 6) is 0. The maximum Gasteiger partial charge on any atom is 5.00 e. The summed E-state index contributed by atoms with van der Waals surface area (Å²) in [6.45, 7) is 24.3. The molecule has 0 fully saturated rings. The van der Waals surface area contributed by atoms with Crippen LogP contribution in [0.5, 0.6) is 0 Å². The zero-order chi connectivity index (χ0) is 25.0. The van der Waals surface area contributed by atoms with E-state index in [9.17, 15) is 24.0 Å². The number of ether oxygens (including phenoxy) is 5. The molecule has 0 amide bonds. The van der Waals surface area contributed by atoms with Crippen LogP contribution in [0.1, 0.15) is 69.2 Å². The molecule has 0 aliphatic heterocycles. The molecular formula is C20H35NbO10. The van der Waals surface area contributed by atoms with Crippen LogP contribution in [0.15, 0.2) is 0 Å². The fourth-order valence-electron chi connectivity index (χ4n) is 0.481. The third kappa shape index (κ3) is 112. The number of rotatable bonds is 10. The standard InChI is InChI=1S/5C4H7O2.Nb/c5*1-4(2)6-3-5;/h5*4H,1-2H3;/q5*-1;+5. The molecule has 0 saturated carbocycles. The van der Waals surface area contributed by atoms with E-state index in [0.29, 0.717) is 0 Å². The average Bonchev–Trinajstić information content (AvgIpc) is 2.56. The summed E-state index contributed by atoms with van der Waals surface area (Å²) in [7, 11) is 0. The monoisotopic (exact) mass is 528 g/mol. The molecule has 0 radical (unpaired) electrons. The van der Waals surface area contributed by atoms with Crippen LogP contribution in [0.3, 0.4) is 0 Å². The summed E-state index contributed by atoms with van der Waals surface area (Å²) in [6, 6.07) is 0. The summed E-state index contributed by atoms with van der Waals surface area (Å²) in [4.78, 5) is 46.3. The molecule has 0 unspecified atom stereocenters. The van der Waals surface area contributed by atoms with E-state index < -0.39 is 0 Å². The van der Waals surface area contributed by atoms with Crippen LogP contribution in [0.4, 0.5) is 0 Å². The summed E-state index contributed by atoms with van der Waals surface area (Å²) < 4.78 is 21.2. The SMILES string of the molecule is CC(C)O[C-]=O.CC(C)O[C-]=O.CC(C)O[C-]=O.CC(C)O[C-]=O.CC(C)O[C-]=O.[Nb+5]. The Labute approximate surface area is 202 Å². The van der Waals surface area contributed by atoms with Gasteiger partial charge in [0.15, 0.2) is 0 Å². The van der Waals surface area contributed by atoms with Crippen molar-refractivity contribution in [1.29, 1.82) is 0 Å². The van der Waals surface area contributed by atoms with Gasteiger partial charge in [-0.15, -0.1) is 0 Å². The van der Waals surface area contributed by atoms with Gasteiger partial charge in [0.1, 0.15) is 0 Å². The molecule has 0 aliphatic carbocycles. The first kappa shape index (κ1) is 43.1. The summed E-state index contributed by atoms with van der Waals surface area (Å²) in [6.07, 6.45) is -0.127. The molecule has 0 heterocycles. The number of carbonyl (C=O) groups excluding carboxylic acids is 5. The van der Waals surface area contributed by atoms with Crippen molar-refractivity contribution in [3.05, 3.63) is 0 Å². The predicted octanol–water partition coefficient (Wildman–Crippen LogP) is 2.39. The van der Waals surface area contributed by atoms with Crippen LogP contribution in [0.2, 0.25) is 0 Å². The Kier molecular flexibility index (Phi) is 53.7. The maximum atomic E-state index is 9.27. The first-order valence-electron chi connectivity index (χ1n) is 8.99. The molecule has 0 atom stereocenters. The smallest absolute Gasteiger partial charge is 0.651 e. The van der Waals surface area contributed by atoms with Gasteiger partial charge in [-0.2, -0.15) is 0 Å². The van der Waals surface area contributed by atoms with Gasteiger partial charge < -0.3 is 47.7 Å². The Bertz CT molecular complexity index is 292. The first-order valence-corrected chi connectivity index (χ1v) is 8.99. The van der Waals surface area contributed by atoms with Crippen molar-refractivity contribution in [3.8, 4) is 0 Å². The van der Waals surface area contributed by atoms with E-state index in [1.165, 1.54) is 32.4 Å². The number of hydrogen-bond acceptors (Lipinski definition) is 10. The van der Waals surface area contributed by atoms with Crippen LogP contribution in [0, 0.1) is 0 Å². The molecule has 0 aromatic heterocycles.